The van der Waals surface area contributed by atoms with Gasteiger partial charge in [-0.1, -0.05) is 25.1 Å². The van der Waals surface area contributed by atoms with Crippen LogP contribution in [0.3, 0.4) is 0 Å². The second-order valence-corrected chi connectivity index (χ2v) is 7.15. The van der Waals surface area contributed by atoms with Gasteiger partial charge in [0, 0.05) is 44.5 Å². The molecule has 0 atom stereocenters. The maximum absolute atomic E-state index is 12.9. The van der Waals surface area contributed by atoms with Gasteiger partial charge in [0.05, 0.1) is 7.11 Å². The minimum atomic E-state index is -0.115. The molecule has 0 unspecified atom stereocenters. The van der Waals surface area contributed by atoms with Crippen LogP contribution in [-0.2, 0) is 16.0 Å². The zero-order valence-corrected chi connectivity index (χ0v) is 17.4. The Bertz CT molecular complexity index is 843. The summed E-state index contributed by atoms with van der Waals surface area (Å²) < 4.78 is 5.21. The number of ether oxygens (including phenoxy) is 1. The fourth-order valence-electron chi connectivity index (χ4n) is 3.68. The summed E-state index contributed by atoms with van der Waals surface area (Å²) in [6.07, 6.45) is 0.814. The van der Waals surface area contributed by atoms with E-state index >= 15 is 0 Å². The molecule has 1 heterocycles. The third-order valence-corrected chi connectivity index (χ3v) is 5.41. The molecule has 0 aromatic heterocycles. The number of amides is 2. The summed E-state index contributed by atoms with van der Waals surface area (Å²) in [4.78, 5) is 30.9. The molecule has 2 amide bonds. The van der Waals surface area contributed by atoms with Crippen molar-refractivity contribution < 1.29 is 14.3 Å². The van der Waals surface area contributed by atoms with Gasteiger partial charge in [-0.3, -0.25) is 9.59 Å². The number of benzene rings is 2. The van der Waals surface area contributed by atoms with E-state index in [2.05, 4.69) is 11.8 Å². The van der Waals surface area contributed by atoms with Crippen LogP contribution in [0.15, 0.2) is 48.5 Å². The van der Waals surface area contributed by atoms with Crippen molar-refractivity contribution in [3.63, 3.8) is 0 Å². The van der Waals surface area contributed by atoms with Gasteiger partial charge < -0.3 is 19.4 Å². The van der Waals surface area contributed by atoms with E-state index in [4.69, 9.17) is 4.74 Å². The highest BCUT2D eigenvalue weighted by atomic mass is 16.5. The summed E-state index contributed by atoms with van der Waals surface area (Å²) >= 11 is 0. The Labute approximate surface area is 172 Å². The Morgan fingerprint density at radius 2 is 1.66 bits per heavy atom. The van der Waals surface area contributed by atoms with Crippen molar-refractivity contribution in [3.8, 4) is 5.75 Å². The average Bonchev–Trinajstić information content (AvgIpc) is 2.77. The normalized spacial score (nSPS) is 13.9. The molecule has 2 aromatic rings. The highest BCUT2D eigenvalue weighted by molar-refractivity contribution is 5.98. The molecule has 0 spiro atoms. The van der Waals surface area contributed by atoms with Crippen LogP contribution in [0.2, 0.25) is 0 Å². The van der Waals surface area contributed by atoms with Crippen molar-refractivity contribution in [2.45, 2.75) is 20.3 Å². The van der Waals surface area contributed by atoms with Gasteiger partial charge in [-0.25, -0.2) is 0 Å². The number of hydrogen-bond acceptors (Lipinski definition) is 4. The van der Waals surface area contributed by atoms with Crippen LogP contribution < -0.4 is 14.5 Å². The van der Waals surface area contributed by atoms with Gasteiger partial charge in [-0.05, 0) is 42.3 Å². The van der Waals surface area contributed by atoms with Crippen LogP contribution in [0.5, 0.6) is 5.75 Å². The lowest BCUT2D eigenvalue weighted by Crippen LogP contribution is -2.52. The second-order valence-electron chi connectivity index (χ2n) is 7.15. The molecule has 6 nitrogen and oxygen atoms in total. The molecule has 1 fully saturated rings. The summed E-state index contributed by atoms with van der Waals surface area (Å²) in [5, 5.41) is 0. The summed E-state index contributed by atoms with van der Waals surface area (Å²) in [7, 11) is 1.66. The highest BCUT2D eigenvalue weighted by Crippen LogP contribution is 2.23. The maximum Gasteiger partial charge on any atom is 0.242 e. The molecule has 3 rings (SSSR count). The van der Waals surface area contributed by atoms with Crippen molar-refractivity contribution in [2.75, 3.05) is 49.6 Å². The van der Waals surface area contributed by atoms with E-state index in [0.717, 1.165) is 42.2 Å². The Balaban J connectivity index is 1.62. The monoisotopic (exact) mass is 395 g/mol. The minimum absolute atomic E-state index is 0.0134. The van der Waals surface area contributed by atoms with Crippen molar-refractivity contribution in [2.24, 2.45) is 0 Å². The van der Waals surface area contributed by atoms with Gasteiger partial charge in [-0.15, -0.1) is 0 Å². The first kappa shape index (κ1) is 20.7. The third kappa shape index (κ3) is 4.88. The fourth-order valence-corrected chi connectivity index (χ4v) is 3.68. The lowest BCUT2D eigenvalue weighted by molar-refractivity contribution is -0.131. The lowest BCUT2D eigenvalue weighted by atomic mass is 10.1. The van der Waals surface area contributed by atoms with Crippen molar-refractivity contribution in [3.05, 3.63) is 54.1 Å². The molecule has 1 saturated heterocycles. The number of carbonyl (C=O) groups is 2. The number of anilines is 2. The summed E-state index contributed by atoms with van der Waals surface area (Å²) in [6.45, 7) is 6.47. The van der Waals surface area contributed by atoms with Crippen LogP contribution in [0.4, 0.5) is 11.4 Å². The Hall–Kier alpha value is -3.02. The van der Waals surface area contributed by atoms with Gasteiger partial charge in [0.2, 0.25) is 11.8 Å². The molecule has 154 valence electrons. The van der Waals surface area contributed by atoms with Crippen molar-refractivity contribution in [1.29, 1.82) is 0 Å². The molecule has 0 saturated carbocycles. The number of piperazine rings is 1. The molecule has 1 aliphatic rings. The SMILES string of the molecule is CCc1ccccc1N(CC(=O)N1CCN(c2ccc(OC)cc2)CC1)C(C)=O. The number of nitrogens with zero attached hydrogens (tertiary/aromatic N) is 3. The zero-order chi connectivity index (χ0) is 20.8. The summed E-state index contributed by atoms with van der Waals surface area (Å²) in [6, 6.07) is 15.7. The Kier molecular flexibility index (Phi) is 6.75. The fraction of sp³-hybridized carbons (Fsp3) is 0.391. The van der Waals surface area contributed by atoms with Gasteiger partial charge in [0.25, 0.3) is 0 Å². The Morgan fingerprint density at radius 3 is 2.24 bits per heavy atom. The highest BCUT2D eigenvalue weighted by Gasteiger charge is 2.25. The number of rotatable bonds is 6. The second kappa shape index (κ2) is 9.45. The number of hydrogen-bond donors (Lipinski definition) is 0. The predicted molar refractivity (Wildman–Crippen MR) is 116 cm³/mol. The molecule has 1 aliphatic heterocycles. The van der Waals surface area contributed by atoms with Crippen LogP contribution >= 0.6 is 0 Å². The number of aryl methyl sites for hydroxylation is 1. The van der Waals surface area contributed by atoms with Crippen molar-refractivity contribution in [1.82, 2.24) is 4.90 Å². The molecular formula is C23H29N3O3. The van der Waals surface area contributed by atoms with E-state index in [9.17, 15) is 9.59 Å². The van der Waals surface area contributed by atoms with E-state index in [0.29, 0.717) is 13.1 Å². The van der Waals surface area contributed by atoms with E-state index in [1.807, 2.05) is 53.4 Å². The molecular weight excluding hydrogens is 366 g/mol. The number of carbonyl (C=O) groups excluding carboxylic acids is 2. The first-order valence-electron chi connectivity index (χ1n) is 10.1. The van der Waals surface area contributed by atoms with Gasteiger partial charge in [0.15, 0.2) is 0 Å². The average molecular weight is 396 g/mol. The maximum atomic E-state index is 12.9. The van der Waals surface area contributed by atoms with Gasteiger partial charge in [0.1, 0.15) is 12.3 Å². The number of methoxy groups -OCH3 is 1. The van der Waals surface area contributed by atoms with E-state index in [1.165, 1.54) is 6.92 Å². The standard InChI is InChI=1S/C23H29N3O3/c1-4-19-7-5-6-8-22(19)26(18(2)27)17-23(28)25-15-13-24(14-16-25)20-9-11-21(29-3)12-10-20/h5-12H,4,13-17H2,1-3H3. The first-order chi connectivity index (χ1) is 14.0. The molecule has 0 N–H and O–H groups in total. The largest absolute Gasteiger partial charge is 0.497 e. The Morgan fingerprint density at radius 1 is 1.00 bits per heavy atom. The van der Waals surface area contributed by atoms with Crippen LogP contribution in [0.1, 0.15) is 19.4 Å². The number of para-hydroxylation sites is 1. The van der Waals surface area contributed by atoms with Crippen LogP contribution in [-0.4, -0.2) is 56.5 Å². The molecule has 6 heteroatoms. The van der Waals surface area contributed by atoms with Gasteiger partial charge >= 0.3 is 0 Å². The smallest absolute Gasteiger partial charge is 0.242 e. The topological polar surface area (TPSA) is 53.1 Å². The van der Waals surface area contributed by atoms with E-state index in [1.54, 1.807) is 12.0 Å². The van der Waals surface area contributed by atoms with Gasteiger partial charge in [-0.2, -0.15) is 0 Å². The zero-order valence-electron chi connectivity index (χ0n) is 17.4. The van der Waals surface area contributed by atoms with E-state index in [-0.39, 0.29) is 18.4 Å². The molecule has 29 heavy (non-hydrogen) atoms. The van der Waals surface area contributed by atoms with E-state index < -0.39 is 0 Å². The summed E-state index contributed by atoms with van der Waals surface area (Å²) in [5.41, 5.74) is 3.02. The quantitative estimate of drug-likeness (QED) is 0.755. The lowest BCUT2D eigenvalue weighted by Gasteiger charge is -2.37. The van der Waals surface area contributed by atoms with Crippen LogP contribution in [0, 0.1) is 0 Å². The molecule has 0 radical (unpaired) electrons. The van der Waals surface area contributed by atoms with Crippen LogP contribution in [0.25, 0.3) is 0 Å². The minimum Gasteiger partial charge on any atom is -0.497 e. The first-order valence-corrected chi connectivity index (χ1v) is 10.1. The molecule has 2 aromatic carbocycles. The van der Waals surface area contributed by atoms with Crippen molar-refractivity contribution >= 4 is 23.2 Å². The summed E-state index contributed by atoms with van der Waals surface area (Å²) in [5.74, 6) is 0.704. The molecule has 0 bridgehead atoms. The molecule has 0 aliphatic carbocycles. The predicted octanol–water partition coefficient (Wildman–Crippen LogP) is 2.96. The third-order valence-electron chi connectivity index (χ3n) is 5.41.